The van der Waals surface area contributed by atoms with E-state index in [1.54, 1.807) is 24.3 Å². The van der Waals surface area contributed by atoms with Gasteiger partial charge in [0.05, 0.1) is 12.7 Å². The minimum absolute atomic E-state index is 0.0334. The van der Waals surface area contributed by atoms with Crippen LogP contribution in [0, 0.1) is 0 Å². The molecule has 0 aliphatic heterocycles. The molecule has 0 fully saturated rings. The third-order valence-electron chi connectivity index (χ3n) is 1.94. The third kappa shape index (κ3) is 3.25. The topological polar surface area (TPSA) is 61.5 Å². The van der Waals surface area contributed by atoms with Gasteiger partial charge in [0.2, 0.25) is 0 Å². The highest BCUT2D eigenvalue weighted by molar-refractivity contribution is 5.89. The van der Waals surface area contributed by atoms with Gasteiger partial charge in [0.15, 0.2) is 0 Å². The van der Waals surface area contributed by atoms with Crippen molar-refractivity contribution in [3.63, 3.8) is 0 Å². The molecule has 1 aromatic carbocycles. The van der Waals surface area contributed by atoms with Crippen LogP contribution >= 0.6 is 0 Å². The molecule has 82 valence electrons. The Morgan fingerprint density at radius 3 is 2.47 bits per heavy atom. The third-order valence-corrected chi connectivity index (χ3v) is 1.94. The van der Waals surface area contributed by atoms with Gasteiger partial charge in [0.25, 0.3) is 0 Å². The quantitative estimate of drug-likeness (QED) is 0.757. The molecule has 0 aliphatic carbocycles. The number of esters is 1. The van der Waals surface area contributed by atoms with Crippen LogP contribution in [0.3, 0.4) is 0 Å². The average molecular weight is 209 g/mol. The Labute approximate surface area is 89.0 Å². The van der Waals surface area contributed by atoms with Crippen molar-refractivity contribution in [1.82, 2.24) is 0 Å². The second kappa shape index (κ2) is 5.36. The molecule has 0 amide bonds. The molecule has 0 spiro atoms. The summed E-state index contributed by atoms with van der Waals surface area (Å²) in [5.41, 5.74) is 5.93. The molecule has 0 saturated heterocycles. The maximum atomic E-state index is 11.1. The molecule has 1 aromatic rings. The second-order valence-electron chi connectivity index (χ2n) is 3.18. The Morgan fingerprint density at radius 2 is 2.00 bits per heavy atom. The maximum absolute atomic E-state index is 11.1. The normalized spacial score (nSPS) is 11.9. The van der Waals surface area contributed by atoms with E-state index in [1.807, 2.05) is 6.92 Å². The van der Waals surface area contributed by atoms with E-state index in [4.69, 9.17) is 10.5 Å². The van der Waals surface area contributed by atoms with Gasteiger partial charge in [-0.2, -0.15) is 0 Å². The van der Waals surface area contributed by atoms with Crippen LogP contribution in [0.15, 0.2) is 24.3 Å². The zero-order valence-corrected chi connectivity index (χ0v) is 8.90. The van der Waals surface area contributed by atoms with Crippen LogP contribution in [0.25, 0.3) is 0 Å². The lowest BCUT2D eigenvalue weighted by Crippen LogP contribution is -2.22. The summed E-state index contributed by atoms with van der Waals surface area (Å²) in [5, 5.41) is 0. The Bertz CT molecular complexity index is 321. The van der Waals surface area contributed by atoms with Crippen molar-refractivity contribution >= 4 is 5.97 Å². The van der Waals surface area contributed by atoms with E-state index >= 15 is 0 Å². The minimum Gasteiger partial charge on any atom is -0.489 e. The monoisotopic (exact) mass is 209 g/mol. The van der Waals surface area contributed by atoms with E-state index in [0.717, 1.165) is 0 Å². The van der Waals surface area contributed by atoms with Gasteiger partial charge in [-0.05, 0) is 31.2 Å². The fourth-order valence-electron chi connectivity index (χ4n) is 1.07. The van der Waals surface area contributed by atoms with Gasteiger partial charge >= 0.3 is 5.97 Å². The summed E-state index contributed by atoms with van der Waals surface area (Å²) in [6.45, 7) is 2.34. The Balaban J connectivity index is 2.68. The zero-order valence-electron chi connectivity index (χ0n) is 8.90. The number of rotatable bonds is 4. The molecule has 0 aromatic heterocycles. The summed E-state index contributed by atoms with van der Waals surface area (Å²) >= 11 is 0. The first kappa shape index (κ1) is 11.5. The molecule has 15 heavy (non-hydrogen) atoms. The molecule has 2 N–H and O–H groups in total. The predicted molar refractivity (Wildman–Crippen MR) is 56.9 cm³/mol. The van der Waals surface area contributed by atoms with E-state index in [9.17, 15) is 4.79 Å². The number of methoxy groups -OCH3 is 1. The number of hydrogen-bond acceptors (Lipinski definition) is 4. The lowest BCUT2D eigenvalue weighted by molar-refractivity contribution is 0.0600. The molecular weight excluding hydrogens is 194 g/mol. The molecule has 4 heteroatoms. The van der Waals surface area contributed by atoms with Crippen LogP contribution in [0.5, 0.6) is 5.75 Å². The lowest BCUT2D eigenvalue weighted by Gasteiger charge is -2.12. The Morgan fingerprint density at radius 1 is 1.40 bits per heavy atom. The molecule has 0 radical (unpaired) electrons. The van der Waals surface area contributed by atoms with E-state index in [-0.39, 0.29) is 12.1 Å². The summed E-state index contributed by atoms with van der Waals surface area (Å²) in [6, 6.07) is 6.76. The van der Waals surface area contributed by atoms with Crippen LogP contribution in [0.2, 0.25) is 0 Å². The van der Waals surface area contributed by atoms with E-state index in [1.165, 1.54) is 7.11 Å². The van der Waals surface area contributed by atoms with Gasteiger partial charge in [-0.1, -0.05) is 0 Å². The number of carbonyl (C=O) groups is 1. The number of carbonyl (C=O) groups excluding carboxylic acids is 1. The molecule has 1 rings (SSSR count). The SMILES string of the molecule is COC(=O)c1ccc(OC(C)CN)cc1. The standard InChI is InChI=1S/C11H15NO3/c1-8(7-12)15-10-5-3-9(4-6-10)11(13)14-2/h3-6,8H,7,12H2,1-2H3. The number of benzene rings is 1. The lowest BCUT2D eigenvalue weighted by atomic mass is 10.2. The molecule has 0 bridgehead atoms. The van der Waals surface area contributed by atoms with Crippen molar-refractivity contribution in [2.24, 2.45) is 5.73 Å². The number of ether oxygens (including phenoxy) is 2. The first-order chi connectivity index (χ1) is 7.17. The van der Waals surface area contributed by atoms with Crippen molar-refractivity contribution < 1.29 is 14.3 Å². The molecular formula is C11H15NO3. The summed E-state index contributed by atoms with van der Waals surface area (Å²) in [6.07, 6.45) is -0.0334. The highest BCUT2D eigenvalue weighted by Gasteiger charge is 2.05. The van der Waals surface area contributed by atoms with Crippen LogP contribution in [0.1, 0.15) is 17.3 Å². The molecule has 0 heterocycles. The largest absolute Gasteiger partial charge is 0.489 e. The fraction of sp³-hybridized carbons (Fsp3) is 0.364. The average Bonchev–Trinajstić information content (AvgIpc) is 2.29. The molecule has 1 unspecified atom stereocenters. The Kier molecular flexibility index (Phi) is 4.12. The van der Waals surface area contributed by atoms with Crippen LogP contribution < -0.4 is 10.5 Å². The van der Waals surface area contributed by atoms with Gasteiger partial charge in [0, 0.05) is 6.54 Å². The summed E-state index contributed by atoms with van der Waals surface area (Å²) in [4.78, 5) is 11.1. The van der Waals surface area contributed by atoms with Gasteiger partial charge in [-0.15, -0.1) is 0 Å². The highest BCUT2D eigenvalue weighted by atomic mass is 16.5. The van der Waals surface area contributed by atoms with E-state index in [0.29, 0.717) is 17.9 Å². The van der Waals surface area contributed by atoms with Gasteiger partial charge < -0.3 is 15.2 Å². The second-order valence-corrected chi connectivity index (χ2v) is 3.18. The van der Waals surface area contributed by atoms with Gasteiger partial charge in [0.1, 0.15) is 11.9 Å². The van der Waals surface area contributed by atoms with Crippen molar-refractivity contribution in [3.8, 4) is 5.75 Å². The summed E-state index contributed by atoms with van der Waals surface area (Å²) < 4.78 is 10.0. The van der Waals surface area contributed by atoms with Crippen molar-refractivity contribution in [2.45, 2.75) is 13.0 Å². The highest BCUT2D eigenvalue weighted by Crippen LogP contribution is 2.14. The zero-order chi connectivity index (χ0) is 11.3. The minimum atomic E-state index is -0.353. The molecule has 1 atom stereocenters. The van der Waals surface area contributed by atoms with E-state index in [2.05, 4.69) is 4.74 Å². The van der Waals surface area contributed by atoms with Gasteiger partial charge in [-0.3, -0.25) is 0 Å². The predicted octanol–water partition coefficient (Wildman–Crippen LogP) is 1.20. The summed E-state index contributed by atoms with van der Waals surface area (Å²) in [7, 11) is 1.35. The fourth-order valence-corrected chi connectivity index (χ4v) is 1.07. The van der Waals surface area contributed by atoms with Crippen molar-refractivity contribution in [2.75, 3.05) is 13.7 Å². The van der Waals surface area contributed by atoms with E-state index < -0.39 is 0 Å². The molecule has 4 nitrogen and oxygen atoms in total. The molecule has 0 saturated carbocycles. The van der Waals surface area contributed by atoms with Crippen LogP contribution in [0.4, 0.5) is 0 Å². The first-order valence-electron chi connectivity index (χ1n) is 4.72. The first-order valence-corrected chi connectivity index (χ1v) is 4.72. The van der Waals surface area contributed by atoms with Crippen LogP contribution in [-0.4, -0.2) is 25.7 Å². The van der Waals surface area contributed by atoms with Crippen molar-refractivity contribution in [3.05, 3.63) is 29.8 Å². The van der Waals surface area contributed by atoms with Crippen molar-refractivity contribution in [1.29, 1.82) is 0 Å². The summed E-state index contributed by atoms with van der Waals surface area (Å²) in [5.74, 6) is 0.342. The van der Waals surface area contributed by atoms with Crippen LogP contribution in [-0.2, 0) is 4.74 Å². The van der Waals surface area contributed by atoms with Gasteiger partial charge in [-0.25, -0.2) is 4.79 Å². The molecule has 0 aliphatic rings. The smallest absolute Gasteiger partial charge is 0.337 e. The number of hydrogen-bond donors (Lipinski definition) is 1. The Hall–Kier alpha value is -1.55. The maximum Gasteiger partial charge on any atom is 0.337 e. The number of nitrogens with two attached hydrogens (primary N) is 1.